The molecule has 2 aromatic heterocycles. The van der Waals surface area contributed by atoms with Gasteiger partial charge in [-0.3, -0.25) is 0 Å². The van der Waals surface area contributed by atoms with E-state index in [0.29, 0.717) is 34.3 Å². The van der Waals surface area contributed by atoms with E-state index in [1.54, 1.807) is 30.3 Å². The number of para-hydroxylation sites is 2. The van der Waals surface area contributed by atoms with Gasteiger partial charge in [0.25, 0.3) is 0 Å². The van der Waals surface area contributed by atoms with E-state index in [2.05, 4.69) is 126 Å². The number of alkyl halides is 3. The second-order valence-electron chi connectivity index (χ2n) is 13.0. The first-order valence-electron chi connectivity index (χ1n) is 17.6. The fourth-order valence-corrected chi connectivity index (χ4v) is 12.9. The van der Waals surface area contributed by atoms with Crippen molar-refractivity contribution >= 4 is 28.8 Å². The first-order chi connectivity index (χ1) is 26.9. The molecule has 1 radical (unpaired) electrons. The molecule has 2 aliphatic heterocycles. The Balaban J connectivity index is 0.000000160. The van der Waals surface area contributed by atoms with Crippen LogP contribution in [0.4, 0.5) is 13.2 Å². The zero-order chi connectivity index (χ0) is 37.4. The minimum atomic E-state index is -4.43. The molecule has 0 fully saturated rings. The van der Waals surface area contributed by atoms with Gasteiger partial charge in [0.05, 0.1) is 17.1 Å². The predicted molar refractivity (Wildman–Crippen MR) is 211 cm³/mol. The van der Waals surface area contributed by atoms with Gasteiger partial charge in [0.1, 0.15) is 8.07 Å². The first kappa shape index (κ1) is 36.8. The summed E-state index contributed by atoms with van der Waals surface area (Å²) < 4.78 is 49.6. The van der Waals surface area contributed by atoms with Gasteiger partial charge in [0.15, 0.2) is 11.5 Å². The molecule has 2 aliphatic rings. The van der Waals surface area contributed by atoms with Crippen LogP contribution in [0, 0.1) is 12.1 Å². The standard InChI is InChI=1S/C29H20NSi.C18H9F3NO2.Ir/c1-3-12-22(13-4-1)31(23-14-5-2-6-15-23)28-20-8-7-16-24(28)25-17-11-18-26(29(25)31)27-19-9-10-21-30-27;19-18(20,21)11-8-9-13(22-10-11)12-4-3-7-16-17(12)24-15-6-2-1-5-14(15)23-16;/h1-17,19-21H;1-3,5-10H;/q2*-1;. The number of halogens is 3. The summed E-state index contributed by atoms with van der Waals surface area (Å²) in [6, 6.07) is 60.7. The van der Waals surface area contributed by atoms with E-state index in [9.17, 15) is 13.2 Å². The molecule has 0 N–H and O–H groups in total. The Kier molecular flexibility index (Phi) is 9.99. The van der Waals surface area contributed by atoms with Crippen molar-refractivity contribution in [1.82, 2.24) is 9.97 Å². The van der Waals surface area contributed by atoms with Crippen LogP contribution in [0.15, 0.2) is 176 Å². The van der Waals surface area contributed by atoms with Crippen LogP contribution in [0.1, 0.15) is 5.56 Å². The number of aromatic nitrogens is 2. The Morgan fingerprint density at radius 2 is 1.12 bits per heavy atom. The summed E-state index contributed by atoms with van der Waals surface area (Å²) in [5.74, 6) is 1.94. The van der Waals surface area contributed by atoms with Crippen molar-refractivity contribution in [2.75, 3.05) is 0 Å². The molecule has 4 nitrogen and oxygen atoms in total. The van der Waals surface area contributed by atoms with E-state index in [1.165, 1.54) is 37.9 Å². The minimum Gasteiger partial charge on any atom is -0.494 e. The maximum atomic E-state index is 12.7. The number of ether oxygens (including phenoxy) is 2. The predicted octanol–water partition coefficient (Wildman–Crippen LogP) is 9.37. The zero-order valence-corrected chi connectivity index (χ0v) is 32.8. The van der Waals surface area contributed by atoms with Crippen LogP contribution in [0.25, 0.3) is 33.6 Å². The summed E-state index contributed by atoms with van der Waals surface area (Å²) in [6.45, 7) is 0. The van der Waals surface area contributed by atoms with Crippen molar-refractivity contribution in [2.24, 2.45) is 0 Å². The fraction of sp³-hybridized carbons (Fsp3) is 0.0213. The monoisotopic (exact) mass is 931 g/mol. The van der Waals surface area contributed by atoms with Crippen molar-refractivity contribution < 1.29 is 42.8 Å². The molecule has 0 spiro atoms. The molecule has 4 heterocycles. The van der Waals surface area contributed by atoms with Gasteiger partial charge in [0, 0.05) is 32.5 Å². The molecule has 275 valence electrons. The zero-order valence-electron chi connectivity index (χ0n) is 29.4. The second kappa shape index (κ2) is 15.2. The van der Waals surface area contributed by atoms with Crippen LogP contribution < -0.4 is 30.2 Å². The van der Waals surface area contributed by atoms with E-state index in [0.717, 1.165) is 23.5 Å². The number of rotatable bonds is 4. The summed E-state index contributed by atoms with van der Waals surface area (Å²) in [4.78, 5) is 8.63. The van der Waals surface area contributed by atoms with E-state index in [4.69, 9.17) is 14.5 Å². The molecule has 10 rings (SSSR count). The number of fused-ring (bicyclic) bond motifs is 5. The third-order valence-corrected chi connectivity index (χ3v) is 14.8. The fourth-order valence-electron chi connectivity index (χ4n) is 7.54. The number of pyridine rings is 2. The van der Waals surface area contributed by atoms with Crippen LogP contribution in [0.2, 0.25) is 0 Å². The summed E-state index contributed by atoms with van der Waals surface area (Å²) in [7, 11) is -2.52. The molecule has 0 atom stereocenters. The molecule has 56 heavy (non-hydrogen) atoms. The van der Waals surface area contributed by atoms with E-state index < -0.39 is 19.8 Å². The molecule has 0 bridgehead atoms. The van der Waals surface area contributed by atoms with E-state index >= 15 is 0 Å². The number of hydrogen-bond donors (Lipinski definition) is 0. The minimum absolute atomic E-state index is 0. The van der Waals surface area contributed by atoms with Gasteiger partial charge >= 0.3 is 6.18 Å². The maximum absolute atomic E-state index is 12.7. The summed E-state index contributed by atoms with van der Waals surface area (Å²) in [6.07, 6.45) is -1.76. The topological polar surface area (TPSA) is 44.2 Å². The molecule has 8 aromatic rings. The molecule has 0 amide bonds. The Bertz CT molecular complexity index is 2600. The molecular weight excluding hydrogens is 902 g/mol. The molecular formula is C47H29F3IrN2O2Si-2. The number of hydrogen-bond acceptors (Lipinski definition) is 4. The average Bonchev–Trinajstić information content (AvgIpc) is 3.55. The van der Waals surface area contributed by atoms with Gasteiger partial charge in [-0.1, -0.05) is 149 Å². The average molecular weight is 931 g/mol. The normalized spacial score (nSPS) is 12.8. The maximum Gasteiger partial charge on any atom is 0.417 e. The van der Waals surface area contributed by atoms with Crippen LogP contribution in [-0.2, 0) is 26.3 Å². The Morgan fingerprint density at radius 3 is 1.79 bits per heavy atom. The molecule has 0 unspecified atom stereocenters. The third-order valence-electron chi connectivity index (χ3n) is 9.87. The van der Waals surface area contributed by atoms with Gasteiger partial charge in [-0.15, -0.1) is 41.1 Å². The summed E-state index contributed by atoms with van der Waals surface area (Å²) in [5, 5.41) is 5.62. The smallest absolute Gasteiger partial charge is 0.417 e. The van der Waals surface area contributed by atoms with Crippen LogP contribution in [-0.4, -0.2) is 18.0 Å². The van der Waals surface area contributed by atoms with Crippen molar-refractivity contribution in [1.29, 1.82) is 0 Å². The SMILES string of the molecule is FC(F)(F)c1ccc(-c2[c-]ccc3c2Oc2ccccc2O3)nc1.[Ir].[c-]1ccc2c(c1-c1ccccn1)[Si](c1ccccc1)(c1ccccc1)c1ccccc1-2. The van der Waals surface area contributed by atoms with Gasteiger partial charge in [-0.25, -0.2) is 0 Å². The van der Waals surface area contributed by atoms with Crippen molar-refractivity contribution in [3.63, 3.8) is 0 Å². The van der Waals surface area contributed by atoms with Gasteiger partial charge in [-0.2, -0.15) is 13.2 Å². The number of nitrogens with zero attached hydrogens (tertiary/aromatic N) is 2. The second-order valence-corrected chi connectivity index (χ2v) is 16.7. The molecule has 0 saturated carbocycles. The van der Waals surface area contributed by atoms with Crippen LogP contribution in [0.5, 0.6) is 23.0 Å². The number of benzene rings is 6. The Morgan fingerprint density at radius 1 is 0.518 bits per heavy atom. The summed E-state index contributed by atoms with van der Waals surface area (Å²) in [5.41, 5.74) is 4.71. The molecule has 0 saturated heterocycles. The summed E-state index contributed by atoms with van der Waals surface area (Å²) >= 11 is 0. The van der Waals surface area contributed by atoms with Crippen molar-refractivity contribution in [3.05, 3.63) is 194 Å². The van der Waals surface area contributed by atoms with Crippen LogP contribution in [0.3, 0.4) is 0 Å². The van der Waals surface area contributed by atoms with Gasteiger partial charge < -0.3 is 19.4 Å². The quantitative estimate of drug-likeness (QED) is 0.131. The van der Waals surface area contributed by atoms with Gasteiger partial charge in [0.2, 0.25) is 0 Å². The van der Waals surface area contributed by atoms with E-state index in [1.807, 2.05) is 18.3 Å². The van der Waals surface area contributed by atoms with Crippen molar-refractivity contribution in [3.8, 4) is 56.6 Å². The van der Waals surface area contributed by atoms with Gasteiger partial charge in [-0.05, 0) is 40.3 Å². The molecule has 6 aromatic carbocycles. The van der Waals surface area contributed by atoms with Crippen LogP contribution >= 0.6 is 0 Å². The first-order valence-corrected chi connectivity index (χ1v) is 19.6. The van der Waals surface area contributed by atoms with E-state index in [-0.39, 0.29) is 20.1 Å². The molecule has 9 heteroatoms. The Labute approximate surface area is 336 Å². The Hall–Kier alpha value is -6.12. The third kappa shape index (κ3) is 6.43. The molecule has 0 aliphatic carbocycles. The van der Waals surface area contributed by atoms with Crippen molar-refractivity contribution in [2.45, 2.75) is 6.18 Å². The largest absolute Gasteiger partial charge is 0.494 e.